The smallest absolute Gasteiger partial charge is 0.219 e. The molecule has 0 fully saturated rings. The Kier molecular flexibility index (Phi) is 4.97. The van der Waals surface area contributed by atoms with E-state index in [-0.39, 0.29) is 5.91 Å². The third-order valence-corrected chi connectivity index (χ3v) is 4.43. The summed E-state index contributed by atoms with van der Waals surface area (Å²) in [5, 5.41) is 8.07. The number of pyridine rings is 1. The highest BCUT2D eigenvalue weighted by Gasteiger charge is 2.09. The maximum Gasteiger partial charge on any atom is 0.219 e. The van der Waals surface area contributed by atoms with Crippen LogP contribution in [0.15, 0.2) is 36.5 Å². The van der Waals surface area contributed by atoms with Gasteiger partial charge in [0.05, 0.1) is 11.2 Å². The van der Waals surface area contributed by atoms with E-state index in [4.69, 9.17) is 5.73 Å². The summed E-state index contributed by atoms with van der Waals surface area (Å²) >= 11 is 0. The Morgan fingerprint density at radius 3 is 2.80 bits per heavy atom. The number of anilines is 1. The van der Waals surface area contributed by atoms with Crippen molar-refractivity contribution in [1.29, 1.82) is 0 Å². The van der Waals surface area contributed by atoms with Gasteiger partial charge in [0.1, 0.15) is 5.82 Å². The van der Waals surface area contributed by atoms with Crippen molar-refractivity contribution in [3.05, 3.63) is 42.1 Å². The van der Waals surface area contributed by atoms with Gasteiger partial charge in [0, 0.05) is 37.2 Å². The number of nitrogens with zero attached hydrogens (tertiary/aromatic N) is 3. The van der Waals surface area contributed by atoms with E-state index in [1.807, 2.05) is 36.1 Å². The van der Waals surface area contributed by atoms with Crippen molar-refractivity contribution in [2.75, 3.05) is 18.8 Å². The molecule has 0 aliphatic heterocycles. The van der Waals surface area contributed by atoms with E-state index in [0.717, 1.165) is 53.7 Å². The van der Waals surface area contributed by atoms with Gasteiger partial charge >= 0.3 is 0 Å². The van der Waals surface area contributed by atoms with Gasteiger partial charge in [0.15, 0.2) is 0 Å². The van der Waals surface area contributed by atoms with E-state index in [9.17, 15) is 4.79 Å². The number of carbonyl (C=O) groups excluding carboxylic acids is 1. The molecule has 2 heterocycles. The molecule has 25 heavy (non-hydrogen) atoms. The number of rotatable bonds is 6. The summed E-state index contributed by atoms with van der Waals surface area (Å²) < 4.78 is 0. The molecule has 0 aliphatic rings. The lowest BCUT2D eigenvalue weighted by Crippen LogP contribution is -2.29. The SMILES string of the molecule is CCN(CCCc1cc2ccc(-c3cc[nH]n3)cc2nc1N)C(C)=O. The Balaban J connectivity index is 1.77. The minimum absolute atomic E-state index is 0.109. The van der Waals surface area contributed by atoms with Crippen molar-refractivity contribution in [3.63, 3.8) is 0 Å². The summed E-state index contributed by atoms with van der Waals surface area (Å²) in [7, 11) is 0. The lowest BCUT2D eigenvalue weighted by Gasteiger charge is -2.18. The number of hydrogen-bond acceptors (Lipinski definition) is 4. The number of aromatic nitrogens is 3. The van der Waals surface area contributed by atoms with Gasteiger partial charge in [0.25, 0.3) is 0 Å². The highest BCUT2D eigenvalue weighted by atomic mass is 16.2. The molecule has 0 spiro atoms. The van der Waals surface area contributed by atoms with Crippen LogP contribution in [-0.2, 0) is 11.2 Å². The lowest BCUT2D eigenvalue weighted by molar-refractivity contribution is -0.128. The van der Waals surface area contributed by atoms with E-state index in [1.165, 1.54) is 0 Å². The molecular weight excluding hydrogens is 314 g/mol. The van der Waals surface area contributed by atoms with Crippen LogP contribution in [0.4, 0.5) is 5.82 Å². The molecule has 6 nitrogen and oxygen atoms in total. The van der Waals surface area contributed by atoms with Crippen LogP contribution >= 0.6 is 0 Å². The molecule has 6 heteroatoms. The zero-order valence-electron chi connectivity index (χ0n) is 14.6. The Morgan fingerprint density at radius 1 is 1.28 bits per heavy atom. The standard InChI is InChI=1S/C19H23N5O/c1-3-24(13(2)25)10-4-5-16-11-14-6-7-15(17-8-9-21-23-17)12-18(14)22-19(16)20/h6-9,11-12H,3-5,10H2,1-2H3,(H2,20,22)(H,21,23). The van der Waals surface area contributed by atoms with E-state index >= 15 is 0 Å². The second-order valence-corrected chi connectivity index (χ2v) is 6.10. The Labute approximate surface area is 147 Å². The number of carbonyl (C=O) groups is 1. The number of hydrogen-bond donors (Lipinski definition) is 2. The van der Waals surface area contributed by atoms with Crippen LogP contribution in [0.5, 0.6) is 0 Å². The largest absolute Gasteiger partial charge is 0.383 e. The molecule has 2 aromatic heterocycles. The molecular formula is C19H23N5O. The maximum atomic E-state index is 11.5. The number of amides is 1. The molecule has 0 atom stereocenters. The minimum Gasteiger partial charge on any atom is -0.383 e. The molecule has 3 aromatic rings. The number of aryl methyl sites for hydroxylation is 1. The van der Waals surface area contributed by atoms with Crippen LogP contribution in [-0.4, -0.2) is 39.1 Å². The number of nitrogens with two attached hydrogens (primary N) is 1. The van der Waals surface area contributed by atoms with Gasteiger partial charge in [-0.2, -0.15) is 5.10 Å². The molecule has 0 radical (unpaired) electrons. The van der Waals surface area contributed by atoms with Gasteiger partial charge in [-0.05, 0) is 43.5 Å². The normalized spacial score (nSPS) is 11.0. The van der Waals surface area contributed by atoms with E-state index < -0.39 is 0 Å². The molecule has 130 valence electrons. The first-order chi connectivity index (χ1) is 12.1. The second-order valence-electron chi connectivity index (χ2n) is 6.10. The Hall–Kier alpha value is -2.89. The topological polar surface area (TPSA) is 87.9 Å². The lowest BCUT2D eigenvalue weighted by atomic mass is 10.0. The van der Waals surface area contributed by atoms with Crippen LogP contribution in [0, 0.1) is 0 Å². The average molecular weight is 337 g/mol. The predicted octanol–water partition coefficient (Wildman–Crippen LogP) is 3.01. The Bertz CT molecular complexity index is 873. The summed E-state index contributed by atoms with van der Waals surface area (Å²) in [4.78, 5) is 17.9. The fourth-order valence-electron chi connectivity index (χ4n) is 3.00. The molecule has 0 saturated carbocycles. The third kappa shape index (κ3) is 3.79. The highest BCUT2D eigenvalue weighted by Crippen LogP contribution is 2.25. The summed E-state index contributed by atoms with van der Waals surface area (Å²) in [6.45, 7) is 5.06. The molecule has 3 N–H and O–H groups in total. The van der Waals surface area contributed by atoms with E-state index in [1.54, 1.807) is 13.1 Å². The number of fused-ring (bicyclic) bond motifs is 1. The van der Waals surface area contributed by atoms with Crippen LogP contribution in [0.3, 0.4) is 0 Å². The van der Waals surface area contributed by atoms with Gasteiger partial charge in [-0.3, -0.25) is 9.89 Å². The summed E-state index contributed by atoms with van der Waals surface area (Å²) in [6, 6.07) is 10.1. The van der Waals surface area contributed by atoms with Crippen molar-refractivity contribution >= 4 is 22.6 Å². The number of nitrogens with one attached hydrogen (secondary N) is 1. The van der Waals surface area contributed by atoms with Gasteiger partial charge in [0.2, 0.25) is 5.91 Å². The number of benzene rings is 1. The molecule has 3 rings (SSSR count). The molecule has 0 bridgehead atoms. The third-order valence-electron chi connectivity index (χ3n) is 4.43. The van der Waals surface area contributed by atoms with Crippen LogP contribution in [0.1, 0.15) is 25.8 Å². The maximum absolute atomic E-state index is 11.5. The van der Waals surface area contributed by atoms with E-state index in [0.29, 0.717) is 5.82 Å². The van der Waals surface area contributed by atoms with Crippen molar-refractivity contribution in [2.45, 2.75) is 26.7 Å². The van der Waals surface area contributed by atoms with Crippen molar-refractivity contribution in [2.24, 2.45) is 0 Å². The van der Waals surface area contributed by atoms with Gasteiger partial charge in [-0.25, -0.2) is 4.98 Å². The first kappa shape index (κ1) is 17.0. The molecule has 1 amide bonds. The molecule has 0 unspecified atom stereocenters. The number of aromatic amines is 1. The van der Waals surface area contributed by atoms with E-state index in [2.05, 4.69) is 21.2 Å². The molecule has 0 saturated heterocycles. The van der Waals surface area contributed by atoms with Crippen LogP contribution < -0.4 is 5.73 Å². The Morgan fingerprint density at radius 2 is 2.12 bits per heavy atom. The number of H-pyrrole nitrogens is 1. The van der Waals surface area contributed by atoms with Crippen LogP contribution in [0.2, 0.25) is 0 Å². The first-order valence-corrected chi connectivity index (χ1v) is 8.53. The second kappa shape index (κ2) is 7.34. The molecule has 1 aromatic carbocycles. The fraction of sp³-hybridized carbons (Fsp3) is 0.316. The summed E-state index contributed by atoms with van der Waals surface area (Å²) in [5.74, 6) is 0.663. The zero-order valence-corrected chi connectivity index (χ0v) is 14.6. The van der Waals surface area contributed by atoms with Gasteiger partial charge in [-0.1, -0.05) is 12.1 Å². The monoisotopic (exact) mass is 337 g/mol. The van der Waals surface area contributed by atoms with Crippen molar-refractivity contribution in [1.82, 2.24) is 20.1 Å². The predicted molar refractivity (Wildman–Crippen MR) is 100.0 cm³/mol. The van der Waals surface area contributed by atoms with Crippen LogP contribution in [0.25, 0.3) is 22.2 Å². The minimum atomic E-state index is 0.109. The summed E-state index contributed by atoms with van der Waals surface area (Å²) in [5.41, 5.74) is 9.93. The molecule has 0 aliphatic carbocycles. The van der Waals surface area contributed by atoms with Crippen molar-refractivity contribution < 1.29 is 4.79 Å². The first-order valence-electron chi connectivity index (χ1n) is 8.53. The fourth-order valence-corrected chi connectivity index (χ4v) is 3.00. The highest BCUT2D eigenvalue weighted by molar-refractivity contribution is 5.85. The average Bonchev–Trinajstić information content (AvgIpc) is 3.12. The zero-order chi connectivity index (χ0) is 17.8. The van der Waals surface area contributed by atoms with Crippen molar-refractivity contribution in [3.8, 4) is 11.3 Å². The number of nitrogen functional groups attached to an aromatic ring is 1. The van der Waals surface area contributed by atoms with Gasteiger partial charge < -0.3 is 10.6 Å². The quantitative estimate of drug-likeness (QED) is 0.724. The van der Waals surface area contributed by atoms with Gasteiger partial charge in [-0.15, -0.1) is 0 Å². The summed E-state index contributed by atoms with van der Waals surface area (Å²) in [6.07, 6.45) is 3.47.